The minimum atomic E-state index is 0.550. The lowest BCUT2D eigenvalue weighted by Crippen LogP contribution is -2.34. The summed E-state index contributed by atoms with van der Waals surface area (Å²) in [6.45, 7) is 1.75. The van der Waals surface area contributed by atoms with E-state index >= 15 is 0 Å². The van der Waals surface area contributed by atoms with E-state index in [0.717, 1.165) is 0 Å². The third-order valence-corrected chi connectivity index (χ3v) is 0.647. The van der Waals surface area contributed by atoms with Gasteiger partial charge in [0, 0.05) is 7.05 Å². The van der Waals surface area contributed by atoms with Crippen LogP contribution < -0.4 is 10.9 Å². The van der Waals surface area contributed by atoms with Crippen molar-refractivity contribution < 1.29 is 4.79 Å². The molecule has 2 N–H and O–H groups in total. The summed E-state index contributed by atoms with van der Waals surface area (Å²) < 4.78 is 0. The lowest BCUT2D eigenvalue weighted by atomic mass is 10.7. The van der Waals surface area contributed by atoms with E-state index in [-0.39, 0.29) is 0 Å². The number of amidine groups is 1. The molecule has 0 aromatic rings. The second-order valence-corrected chi connectivity index (χ2v) is 1.20. The minimum Gasteiger partial charge on any atom is -0.286 e. The van der Waals surface area contributed by atoms with Gasteiger partial charge >= 0.3 is 0 Å². The van der Waals surface area contributed by atoms with Crippen molar-refractivity contribution >= 4 is 12.2 Å². The molecular formula is C4H9N3O. The summed E-state index contributed by atoms with van der Waals surface area (Å²) >= 11 is 0. The number of rotatable bonds is 2. The highest BCUT2D eigenvalue weighted by Crippen LogP contribution is 1.59. The molecule has 0 rings (SSSR count). The summed E-state index contributed by atoms with van der Waals surface area (Å²) in [4.78, 5) is 13.3. The molecule has 4 nitrogen and oxygen atoms in total. The maximum Gasteiger partial charge on any atom is 0.225 e. The third kappa shape index (κ3) is 3.14. The van der Waals surface area contributed by atoms with Crippen LogP contribution in [0.25, 0.3) is 0 Å². The smallest absolute Gasteiger partial charge is 0.225 e. The minimum absolute atomic E-state index is 0.550. The van der Waals surface area contributed by atoms with Gasteiger partial charge in [-0.25, -0.2) is 0 Å². The fourth-order valence-electron chi connectivity index (χ4n) is 0.190. The van der Waals surface area contributed by atoms with Gasteiger partial charge in [0.2, 0.25) is 6.41 Å². The van der Waals surface area contributed by atoms with E-state index in [9.17, 15) is 4.79 Å². The molecule has 0 saturated heterocycles. The van der Waals surface area contributed by atoms with Gasteiger partial charge in [0.05, 0.1) is 0 Å². The zero-order valence-corrected chi connectivity index (χ0v) is 4.93. The highest BCUT2D eigenvalue weighted by Gasteiger charge is 1.78. The Labute approximate surface area is 48.0 Å². The molecule has 4 heteroatoms. The van der Waals surface area contributed by atoms with Crippen molar-refractivity contribution in [2.45, 2.75) is 6.92 Å². The van der Waals surface area contributed by atoms with Crippen LogP contribution in [-0.4, -0.2) is 19.3 Å². The van der Waals surface area contributed by atoms with E-state index in [1.165, 1.54) is 0 Å². The number of aliphatic imine (C=N–C) groups is 1. The fourth-order valence-corrected chi connectivity index (χ4v) is 0.190. The van der Waals surface area contributed by atoms with Crippen LogP contribution in [0.1, 0.15) is 6.92 Å². The van der Waals surface area contributed by atoms with Crippen molar-refractivity contribution in [1.29, 1.82) is 0 Å². The van der Waals surface area contributed by atoms with Crippen molar-refractivity contribution in [2.75, 3.05) is 7.05 Å². The third-order valence-electron chi connectivity index (χ3n) is 0.647. The lowest BCUT2D eigenvalue weighted by Gasteiger charge is -1.98. The monoisotopic (exact) mass is 115 g/mol. The first-order valence-electron chi connectivity index (χ1n) is 2.20. The van der Waals surface area contributed by atoms with E-state index in [1.54, 1.807) is 14.0 Å². The van der Waals surface area contributed by atoms with E-state index in [4.69, 9.17) is 0 Å². The maximum absolute atomic E-state index is 9.60. The Bertz CT molecular complexity index is 99.5. The highest BCUT2D eigenvalue weighted by molar-refractivity contribution is 5.79. The molecule has 0 heterocycles. The van der Waals surface area contributed by atoms with Crippen LogP contribution in [0.3, 0.4) is 0 Å². The first kappa shape index (κ1) is 6.94. The molecule has 0 unspecified atom stereocenters. The van der Waals surface area contributed by atoms with Crippen molar-refractivity contribution in [3.05, 3.63) is 0 Å². The normalized spacial score (nSPS) is 10.5. The summed E-state index contributed by atoms with van der Waals surface area (Å²) in [6, 6.07) is 0. The van der Waals surface area contributed by atoms with Crippen LogP contribution in [0.15, 0.2) is 4.99 Å². The number of nitrogens with one attached hydrogen (secondary N) is 2. The van der Waals surface area contributed by atoms with Crippen molar-refractivity contribution in [1.82, 2.24) is 10.9 Å². The van der Waals surface area contributed by atoms with Crippen LogP contribution in [0, 0.1) is 0 Å². The first-order chi connectivity index (χ1) is 3.81. The number of nitrogens with zero attached hydrogens (tertiary/aromatic N) is 1. The largest absolute Gasteiger partial charge is 0.286 e. The summed E-state index contributed by atoms with van der Waals surface area (Å²) in [7, 11) is 1.63. The van der Waals surface area contributed by atoms with Gasteiger partial charge in [-0.15, -0.1) is 0 Å². The van der Waals surface area contributed by atoms with Gasteiger partial charge in [0.15, 0.2) is 0 Å². The molecule has 8 heavy (non-hydrogen) atoms. The van der Waals surface area contributed by atoms with Gasteiger partial charge in [-0.3, -0.25) is 20.6 Å². The second-order valence-electron chi connectivity index (χ2n) is 1.20. The van der Waals surface area contributed by atoms with Crippen LogP contribution in [-0.2, 0) is 4.79 Å². The number of hydrazine groups is 1. The molecule has 46 valence electrons. The van der Waals surface area contributed by atoms with Gasteiger partial charge in [0.1, 0.15) is 5.84 Å². The van der Waals surface area contributed by atoms with Crippen LogP contribution in [0.5, 0.6) is 0 Å². The number of amides is 1. The van der Waals surface area contributed by atoms with E-state index in [2.05, 4.69) is 15.8 Å². The molecule has 0 bridgehead atoms. The predicted molar refractivity (Wildman–Crippen MR) is 31.4 cm³/mol. The standard InChI is InChI=1S/C4H9N3O/c1-4(5-2)7-6-3-8/h3H,1-2H3,(H,5,7)(H,6,8). The SMILES string of the molecule is C/N=C(/C)NNC=O. The summed E-state index contributed by atoms with van der Waals surface area (Å²) in [6.07, 6.45) is 0.550. The number of carbonyl (C=O) groups excluding carboxylic acids is 1. The van der Waals surface area contributed by atoms with E-state index < -0.39 is 0 Å². The predicted octanol–water partition coefficient (Wildman–Crippen LogP) is -0.715. The fraction of sp³-hybridized carbons (Fsp3) is 0.500. The van der Waals surface area contributed by atoms with Gasteiger partial charge < -0.3 is 0 Å². The second kappa shape index (κ2) is 4.11. The van der Waals surface area contributed by atoms with Crippen molar-refractivity contribution in [2.24, 2.45) is 4.99 Å². The number of carbonyl (C=O) groups is 1. The zero-order valence-electron chi connectivity index (χ0n) is 4.93. The van der Waals surface area contributed by atoms with Crippen LogP contribution in [0.2, 0.25) is 0 Å². The first-order valence-corrected chi connectivity index (χ1v) is 2.20. The molecule has 0 aliphatic carbocycles. The molecule has 0 radical (unpaired) electrons. The maximum atomic E-state index is 9.60. The molecule has 0 spiro atoms. The number of hydrogen-bond donors (Lipinski definition) is 2. The van der Waals surface area contributed by atoms with E-state index in [0.29, 0.717) is 12.2 Å². The Kier molecular flexibility index (Phi) is 3.56. The lowest BCUT2D eigenvalue weighted by molar-refractivity contribution is -0.110. The summed E-state index contributed by atoms with van der Waals surface area (Å²) in [5.41, 5.74) is 4.75. The molecule has 0 aliphatic rings. The topological polar surface area (TPSA) is 53.5 Å². The Morgan fingerprint density at radius 2 is 2.38 bits per heavy atom. The van der Waals surface area contributed by atoms with Gasteiger partial charge in [0.25, 0.3) is 0 Å². The molecule has 0 fully saturated rings. The zero-order chi connectivity index (χ0) is 6.41. The Hall–Kier alpha value is -1.06. The molecule has 0 aliphatic heterocycles. The Morgan fingerprint density at radius 1 is 1.75 bits per heavy atom. The summed E-state index contributed by atoms with van der Waals surface area (Å²) in [5, 5.41) is 0. The average Bonchev–Trinajstić information content (AvgIpc) is 1.83. The molecule has 0 aromatic heterocycles. The molecule has 0 saturated carbocycles. The van der Waals surface area contributed by atoms with Gasteiger partial charge in [-0.05, 0) is 6.92 Å². The highest BCUT2D eigenvalue weighted by atomic mass is 16.1. The molecule has 1 amide bonds. The number of hydrogen-bond acceptors (Lipinski definition) is 2. The summed E-state index contributed by atoms with van der Waals surface area (Å²) in [5.74, 6) is 0.678. The quantitative estimate of drug-likeness (QED) is 0.216. The average molecular weight is 115 g/mol. The Morgan fingerprint density at radius 3 is 2.75 bits per heavy atom. The Balaban J connectivity index is 3.24. The molecule has 0 aromatic carbocycles. The van der Waals surface area contributed by atoms with Gasteiger partial charge in [-0.2, -0.15) is 0 Å². The van der Waals surface area contributed by atoms with Crippen LogP contribution >= 0.6 is 0 Å². The van der Waals surface area contributed by atoms with Crippen LogP contribution in [0.4, 0.5) is 0 Å². The van der Waals surface area contributed by atoms with Crippen molar-refractivity contribution in [3.8, 4) is 0 Å². The van der Waals surface area contributed by atoms with E-state index in [1.807, 2.05) is 0 Å². The molecular weight excluding hydrogens is 106 g/mol. The molecule has 0 atom stereocenters. The van der Waals surface area contributed by atoms with Gasteiger partial charge in [-0.1, -0.05) is 0 Å². The van der Waals surface area contributed by atoms with Crippen molar-refractivity contribution in [3.63, 3.8) is 0 Å².